The van der Waals surface area contributed by atoms with Crippen LogP contribution < -0.4 is 15.6 Å². The second-order valence-electron chi connectivity index (χ2n) is 9.64. The Bertz CT molecular complexity index is 1230. The summed E-state index contributed by atoms with van der Waals surface area (Å²) in [4.78, 5) is 26.2. The number of benzene rings is 1. The molecule has 1 fully saturated rings. The van der Waals surface area contributed by atoms with Gasteiger partial charge in [0.15, 0.2) is 11.6 Å². The van der Waals surface area contributed by atoms with Gasteiger partial charge in [0.1, 0.15) is 17.6 Å². The van der Waals surface area contributed by atoms with Gasteiger partial charge in [0.25, 0.3) is 11.5 Å². The van der Waals surface area contributed by atoms with Crippen molar-refractivity contribution < 1.29 is 19.0 Å². The van der Waals surface area contributed by atoms with Gasteiger partial charge in [-0.25, -0.2) is 9.07 Å². The van der Waals surface area contributed by atoms with E-state index in [0.717, 1.165) is 25.7 Å². The van der Waals surface area contributed by atoms with Crippen LogP contribution in [0.25, 0.3) is 0 Å². The van der Waals surface area contributed by atoms with Crippen molar-refractivity contribution in [1.29, 1.82) is 0 Å². The van der Waals surface area contributed by atoms with Gasteiger partial charge in [0, 0.05) is 24.4 Å². The normalized spacial score (nSPS) is 15.2. The predicted molar refractivity (Wildman–Crippen MR) is 128 cm³/mol. The highest BCUT2D eigenvalue weighted by molar-refractivity contribution is 5.92. The highest BCUT2D eigenvalue weighted by atomic mass is 19.1. The Morgan fingerprint density at radius 3 is 2.71 bits per heavy atom. The second-order valence-corrected chi connectivity index (χ2v) is 9.64. The van der Waals surface area contributed by atoms with Crippen molar-refractivity contribution >= 4 is 11.7 Å². The van der Waals surface area contributed by atoms with E-state index >= 15 is 0 Å². The van der Waals surface area contributed by atoms with Crippen molar-refractivity contribution in [2.45, 2.75) is 64.1 Å². The molecule has 1 aromatic carbocycles. The van der Waals surface area contributed by atoms with Crippen molar-refractivity contribution in [1.82, 2.24) is 19.6 Å². The van der Waals surface area contributed by atoms with Crippen LogP contribution in [0.3, 0.4) is 0 Å². The van der Waals surface area contributed by atoms with Crippen molar-refractivity contribution in [3.8, 4) is 11.5 Å². The zero-order chi connectivity index (χ0) is 25.0. The number of hydrogen-bond acceptors (Lipinski definition) is 6. The van der Waals surface area contributed by atoms with Gasteiger partial charge in [-0.05, 0) is 38.3 Å². The lowest BCUT2D eigenvalue weighted by molar-refractivity contribution is -0.120. The molecule has 0 spiro atoms. The van der Waals surface area contributed by atoms with Crippen LogP contribution in [0, 0.1) is 11.7 Å². The largest absolute Gasteiger partial charge is 0.455 e. The summed E-state index contributed by atoms with van der Waals surface area (Å²) in [5.74, 6) is 0.194. The van der Waals surface area contributed by atoms with Crippen LogP contribution in [0.1, 0.15) is 52.0 Å². The van der Waals surface area contributed by atoms with Gasteiger partial charge in [0.05, 0.1) is 18.3 Å². The predicted octanol–water partition coefficient (Wildman–Crippen LogP) is 3.90. The Kier molecular flexibility index (Phi) is 7.30. The molecular formula is C25H30FN5O4. The summed E-state index contributed by atoms with van der Waals surface area (Å²) < 4.78 is 21.7. The summed E-state index contributed by atoms with van der Waals surface area (Å²) in [7, 11) is 0. The van der Waals surface area contributed by atoms with Gasteiger partial charge >= 0.3 is 0 Å². The van der Waals surface area contributed by atoms with Gasteiger partial charge in [-0.15, -0.1) is 0 Å². The molecule has 10 heteroatoms. The van der Waals surface area contributed by atoms with E-state index in [1.807, 2.05) is 0 Å². The molecule has 1 aliphatic rings. The molecule has 1 unspecified atom stereocenters. The first kappa shape index (κ1) is 24.6. The lowest BCUT2D eigenvalue weighted by atomic mass is 9.98. The Morgan fingerprint density at radius 1 is 1.26 bits per heavy atom. The average molecular weight is 484 g/mol. The van der Waals surface area contributed by atoms with Crippen LogP contribution in [-0.2, 0) is 11.3 Å². The van der Waals surface area contributed by atoms with Crippen molar-refractivity contribution in [3.05, 3.63) is 65.0 Å². The standard InChI is InChI=1S/C25H30FN5O4/c1-25(2,34)16-30-11-10-22(29-30)28-24(33)21(12-17-6-3-4-7-17)31-23(32)14-20(15-27-31)35-19-9-5-8-18(26)13-19/h5,8-11,13-15,17,21,34H,3-4,6-7,12,16H2,1-2H3,(H,28,29,33). The number of carbonyl (C=O) groups is 1. The minimum absolute atomic E-state index is 0.155. The number of aromatic nitrogens is 4. The molecule has 1 aliphatic carbocycles. The van der Waals surface area contributed by atoms with Crippen LogP contribution in [-0.4, -0.2) is 36.2 Å². The topological polar surface area (TPSA) is 111 Å². The molecule has 0 saturated heterocycles. The lowest BCUT2D eigenvalue weighted by Gasteiger charge is -2.21. The molecule has 2 aromatic heterocycles. The smallest absolute Gasteiger partial charge is 0.271 e. The first-order valence-corrected chi connectivity index (χ1v) is 11.8. The summed E-state index contributed by atoms with van der Waals surface area (Å²) in [5.41, 5.74) is -1.45. The minimum Gasteiger partial charge on any atom is -0.455 e. The Balaban J connectivity index is 1.54. The Hall–Kier alpha value is -3.53. The number of aliphatic hydroxyl groups is 1. The third-order valence-corrected chi connectivity index (χ3v) is 5.90. The summed E-state index contributed by atoms with van der Waals surface area (Å²) >= 11 is 0. The fraction of sp³-hybridized carbons (Fsp3) is 0.440. The van der Waals surface area contributed by atoms with E-state index < -0.39 is 23.0 Å². The molecule has 186 valence electrons. The van der Waals surface area contributed by atoms with E-state index in [9.17, 15) is 19.1 Å². The number of amides is 1. The van der Waals surface area contributed by atoms with Crippen molar-refractivity contribution in [2.75, 3.05) is 5.32 Å². The zero-order valence-electron chi connectivity index (χ0n) is 19.9. The number of anilines is 1. The molecule has 0 bridgehead atoms. The van der Waals surface area contributed by atoms with E-state index in [1.54, 1.807) is 36.9 Å². The number of halogens is 1. The third kappa shape index (κ3) is 6.75. The number of carbonyl (C=O) groups excluding carboxylic acids is 1. The summed E-state index contributed by atoms with van der Waals surface area (Å²) in [6.07, 6.45) is 7.69. The molecular weight excluding hydrogens is 453 g/mol. The third-order valence-electron chi connectivity index (χ3n) is 5.90. The van der Waals surface area contributed by atoms with Crippen LogP contribution in [0.2, 0.25) is 0 Å². The molecule has 3 aromatic rings. The average Bonchev–Trinajstić information content (AvgIpc) is 3.43. The second kappa shape index (κ2) is 10.4. The van der Waals surface area contributed by atoms with E-state index in [0.29, 0.717) is 18.2 Å². The molecule has 1 amide bonds. The van der Waals surface area contributed by atoms with Crippen LogP contribution >= 0.6 is 0 Å². The highest BCUT2D eigenvalue weighted by Crippen LogP contribution is 2.32. The van der Waals surface area contributed by atoms with Gasteiger partial charge in [-0.1, -0.05) is 31.7 Å². The monoisotopic (exact) mass is 483 g/mol. The van der Waals surface area contributed by atoms with E-state index in [-0.39, 0.29) is 24.0 Å². The van der Waals surface area contributed by atoms with E-state index in [1.165, 1.54) is 35.1 Å². The number of hydrogen-bond donors (Lipinski definition) is 2. The summed E-state index contributed by atoms with van der Waals surface area (Å²) in [5, 5.41) is 21.3. The van der Waals surface area contributed by atoms with Crippen LogP contribution in [0.4, 0.5) is 10.2 Å². The number of ether oxygens (including phenoxy) is 1. The van der Waals surface area contributed by atoms with Crippen LogP contribution in [0.5, 0.6) is 11.5 Å². The maximum absolute atomic E-state index is 13.4. The highest BCUT2D eigenvalue weighted by Gasteiger charge is 2.29. The molecule has 4 rings (SSSR count). The molecule has 2 heterocycles. The molecule has 0 radical (unpaired) electrons. The maximum atomic E-state index is 13.4. The Labute approximate surface area is 202 Å². The van der Waals surface area contributed by atoms with Gasteiger partial charge in [-0.2, -0.15) is 10.2 Å². The SMILES string of the molecule is CC(C)(O)Cn1ccc(NC(=O)C(CC2CCCC2)n2ncc(Oc3cccc(F)c3)cc2=O)n1. The summed E-state index contributed by atoms with van der Waals surface area (Å²) in [6, 6.07) is 7.63. The van der Waals surface area contributed by atoms with Crippen molar-refractivity contribution in [3.63, 3.8) is 0 Å². The minimum atomic E-state index is -0.953. The Morgan fingerprint density at radius 2 is 2.03 bits per heavy atom. The molecule has 0 aliphatic heterocycles. The maximum Gasteiger partial charge on any atom is 0.271 e. The van der Waals surface area contributed by atoms with Crippen molar-refractivity contribution in [2.24, 2.45) is 5.92 Å². The zero-order valence-corrected chi connectivity index (χ0v) is 19.9. The number of nitrogens with zero attached hydrogens (tertiary/aromatic N) is 4. The first-order valence-electron chi connectivity index (χ1n) is 11.8. The molecule has 1 atom stereocenters. The number of nitrogens with one attached hydrogen (secondary N) is 1. The molecule has 2 N–H and O–H groups in total. The van der Waals surface area contributed by atoms with Crippen LogP contribution in [0.15, 0.2) is 53.6 Å². The fourth-order valence-electron chi connectivity index (χ4n) is 4.36. The fourth-order valence-corrected chi connectivity index (χ4v) is 4.36. The number of rotatable bonds is 9. The van der Waals surface area contributed by atoms with Gasteiger partial charge < -0.3 is 15.2 Å². The van der Waals surface area contributed by atoms with E-state index in [4.69, 9.17) is 4.74 Å². The quantitative estimate of drug-likeness (QED) is 0.478. The summed E-state index contributed by atoms with van der Waals surface area (Å²) in [6.45, 7) is 3.61. The molecule has 9 nitrogen and oxygen atoms in total. The lowest BCUT2D eigenvalue weighted by Crippen LogP contribution is -2.36. The first-order chi connectivity index (χ1) is 16.7. The molecule has 1 saturated carbocycles. The van der Waals surface area contributed by atoms with E-state index in [2.05, 4.69) is 15.5 Å². The molecule has 35 heavy (non-hydrogen) atoms. The van der Waals surface area contributed by atoms with Gasteiger partial charge in [-0.3, -0.25) is 14.3 Å². The van der Waals surface area contributed by atoms with Gasteiger partial charge in [0.2, 0.25) is 0 Å².